The molecule has 0 aliphatic carbocycles. The van der Waals surface area contributed by atoms with Gasteiger partial charge in [-0.15, -0.1) is 10.2 Å². The van der Waals surface area contributed by atoms with Crippen molar-refractivity contribution in [1.29, 1.82) is 0 Å². The van der Waals surface area contributed by atoms with Gasteiger partial charge in [-0.3, -0.25) is 9.36 Å². The molecule has 17 heavy (non-hydrogen) atoms. The summed E-state index contributed by atoms with van der Waals surface area (Å²) in [6.45, 7) is 3.92. The van der Waals surface area contributed by atoms with Crippen LogP contribution in [-0.4, -0.2) is 19.7 Å². The van der Waals surface area contributed by atoms with Crippen LogP contribution in [0.1, 0.15) is 24.4 Å². The third-order valence-corrected chi connectivity index (χ3v) is 3.19. The van der Waals surface area contributed by atoms with Gasteiger partial charge in [-0.2, -0.15) is 0 Å². The second kappa shape index (κ2) is 4.79. The van der Waals surface area contributed by atoms with Crippen LogP contribution in [0.3, 0.4) is 0 Å². The Morgan fingerprint density at radius 3 is 2.76 bits per heavy atom. The molecule has 0 saturated heterocycles. The quantitative estimate of drug-likeness (QED) is 0.854. The number of aromatic nitrogens is 4. The molecular formula is C10H11BrN4O2. The van der Waals surface area contributed by atoms with Gasteiger partial charge in [0.15, 0.2) is 0 Å². The Bertz CT molecular complexity index is 590. The van der Waals surface area contributed by atoms with Gasteiger partial charge in [0.2, 0.25) is 11.8 Å². The molecule has 0 aliphatic heterocycles. The molecule has 0 aromatic carbocycles. The Labute approximate surface area is 106 Å². The van der Waals surface area contributed by atoms with Crippen LogP contribution in [0.5, 0.6) is 0 Å². The van der Waals surface area contributed by atoms with Crippen molar-refractivity contribution in [1.82, 2.24) is 19.7 Å². The number of rotatable bonds is 3. The van der Waals surface area contributed by atoms with E-state index in [1.165, 1.54) is 10.9 Å². The van der Waals surface area contributed by atoms with Crippen LogP contribution in [0.4, 0.5) is 0 Å². The van der Waals surface area contributed by atoms with Crippen LogP contribution in [-0.2, 0) is 13.0 Å². The summed E-state index contributed by atoms with van der Waals surface area (Å²) >= 11 is 3.20. The van der Waals surface area contributed by atoms with Crippen molar-refractivity contribution < 1.29 is 4.42 Å². The maximum atomic E-state index is 11.9. The molecule has 7 heteroatoms. The molecule has 6 nitrogen and oxygen atoms in total. The average molecular weight is 299 g/mol. The molecule has 0 bridgehead atoms. The summed E-state index contributed by atoms with van der Waals surface area (Å²) in [6.07, 6.45) is 2.15. The lowest BCUT2D eigenvalue weighted by Gasteiger charge is -2.03. The second-order valence-electron chi connectivity index (χ2n) is 3.52. The number of nitrogens with zero attached hydrogens (tertiary/aromatic N) is 4. The van der Waals surface area contributed by atoms with Crippen molar-refractivity contribution in [3.05, 3.63) is 38.6 Å². The highest BCUT2D eigenvalue weighted by molar-refractivity contribution is 9.10. The topological polar surface area (TPSA) is 73.8 Å². The van der Waals surface area contributed by atoms with Crippen LogP contribution in [0.25, 0.3) is 0 Å². The van der Waals surface area contributed by atoms with E-state index in [2.05, 4.69) is 31.1 Å². The lowest BCUT2D eigenvalue weighted by Crippen LogP contribution is -2.22. The zero-order chi connectivity index (χ0) is 12.4. The van der Waals surface area contributed by atoms with E-state index >= 15 is 0 Å². The SMILES string of the molecule is CCc1nnc(Cn2cnc(C)c(Br)c2=O)o1. The molecule has 0 aliphatic rings. The molecule has 2 aromatic rings. The van der Waals surface area contributed by atoms with Gasteiger partial charge in [-0.05, 0) is 22.9 Å². The van der Waals surface area contributed by atoms with Crippen molar-refractivity contribution in [2.75, 3.05) is 0 Å². The molecule has 0 unspecified atom stereocenters. The molecule has 2 rings (SSSR count). The maximum Gasteiger partial charge on any atom is 0.268 e. The van der Waals surface area contributed by atoms with Crippen molar-refractivity contribution in [3.63, 3.8) is 0 Å². The fourth-order valence-electron chi connectivity index (χ4n) is 1.30. The van der Waals surface area contributed by atoms with Gasteiger partial charge in [0.05, 0.1) is 12.0 Å². The van der Waals surface area contributed by atoms with Crippen molar-refractivity contribution in [2.24, 2.45) is 0 Å². The molecule has 0 saturated carbocycles. The minimum absolute atomic E-state index is 0.159. The first-order valence-corrected chi connectivity index (χ1v) is 5.94. The standard InChI is InChI=1S/C10H11BrN4O2/c1-3-7-13-14-8(17-7)4-15-5-12-6(2)9(11)10(15)16/h5H,3-4H2,1-2H3. The van der Waals surface area contributed by atoms with E-state index in [0.29, 0.717) is 28.4 Å². The minimum Gasteiger partial charge on any atom is -0.423 e. The third-order valence-electron chi connectivity index (χ3n) is 2.27. The highest BCUT2D eigenvalue weighted by atomic mass is 79.9. The van der Waals surface area contributed by atoms with E-state index < -0.39 is 0 Å². The molecule has 0 spiro atoms. The molecule has 0 N–H and O–H groups in total. The van der Waals surface area contributed by atoms with Crippen LogP contribution < -0.4 is 5.56 Å². The Morgan fingerprint density at radius 1 is 1.41 bits per heavy atom. The van der Waals surface area contributed by atoms with Gasteiger partial charge < -0.3 is 4.42 Å². The molecule has 2 heterocycles. The van der Waals surface area contributed by atoms with Crippen LogP contribution >= 0.6 is 15.9 Å². The van der Waals surface area contributed by atoms with E-state index in [1.807, 2.05) is 6.92 Å². The molecule has 2 aromatic heterocycles. The summed E-state index contributed by atoms with van der Waals surface area (Å²) in [5, 5.41) is 7.69. The third kappa shape index (κ3) is 2.44. The first kappa shape index (κ1) is 12.0. The second-order valence-corrected chi connectivity index (χ2v) is 4.31. The monoisotopic (exact) mass is 298 g/mol. The molecule has 0 radical (unpaired) electrons. The van der Waals surface area contributed by atoms with E-state index in [4.69, 9.17) is 4.42 Å². The first-order chi connectivity index (χ1) is 8.11. The van der Waals surface area contributed by atoms with E-state index in [9.17, 15) is 4.79 Å². The molecule has 0 atom stereocenters. The smallest absolute Gasteiger partial charge is 0.268 e. The lowest BCUT2D eigenvalue weighted by atomic mass is 10.4. The molecular weight excluding hydrogens is 288 g/mol. The highest BCUT2D eigenvalue weighted by Gasteiger charge is 2.09. The normalized spacial score (nSPS) is 10.8. The van der Waals surface area contributed by atoms with E-state index in [1.54, 1.807) is 6.92 Å². The number of hydrogen-bond acceptors (Lipinski definition) is 5. The van der Waals surface area contributed by atoms with Crippen molar-refractivity contribution >= 4 is 15.9 Å². The van der Waals surface area contributed by atoms with Gasteiger partial charge >= 0.3 is 0 Å². The summed E-state index contributed by atoms with van der Waals surface area (Å²) in [7, 11) is 0. The van der Waals surface area contributed by atoms with Crippen LogP contribution in [0.2, 0.25) is 0 Å². The van der Waals surface area contributed by atoms with Gasteiger partial charge in [0, 0.05) is 6.42 Å². The van der Waals surface area contributed by atoms with Gasteiger partial charge in [-0.1, -0.05) is 6.92 Å². The summed E-state index contributed by atoms with van der Waals surface area (Å²) in [5.41, 5.74) is 0.500. The van der Waals surface area contributed by atoms with Crippen LogP contribution in [0, 0.1) is 6.92 Å². The zero-order valence-electron chi connectivity index (χ0n) is 9.47. The van der Waals surface area contributed by atoms with Crippen molar-refractivity contribution in [3.8, 4) is 0 Å². The van der Waals surface area contributed by atoms with Gasteiger partial charge in [0.1, 0.15) is 11.0 Å². The largest absolute Gasteiger partial charge is 0.423 e. The first-order valence-electron chi connectivity index (χ1n) is 5.14. The highest BCUT2D eigenvalue weighted by Crippen LogP contribution is 2.07. The Balaban J connectivity index is 2.30. The van der Waals surface area contributed by atoms with Gasteiger partial charge in [-0.25, -0.2) is 4.98 Å². The Morgan fingerprint density at radius 2 is 2.12 bits per heavy atom. The van der Waals surface area contributed by atoms with Gasteiger partial charge in [0.25, 0.3) is 5.56 Å². The summed E-state index contributed by atoms with van der Waals surface area (Å²) < 4.78 is 7.21. The maximum absolute atomic E-state index is 11.9. The molecule has 90 valence electrons. The minimum atomic E-state index is -0.159. The van der Waals surface area contributed by atoms with E-state index in [-0.39, 0.29) is 12.1 Å². The zero-order valence-corrected chi connectivity index (χ0v) is 11.1. The fraction of sp³-hybridized carbons (Fsp3) is 0.400. The predicted molar refractivity (Wildman–Crippen MR) is 63.7 cm³/mol. The number of aryl methyl sites for hydroxylation is 2. The molecule has 0 amide bonds. The summed E-state index contributed by atoms with van der Waals surface area (Å²) in [6, 6.07) is 0. The summed E-state index contributed by atoms with van der Waals surface area (Å²) in [4.78, 5) is 15.9. The fourth-order valence-corrected chi connectivity index (χ4v) is 1.63. The summed E-state index contributed by atoms with van der Waals surface area (Å²) in [5.74, 6) is 0.966. The Hall–Kier alpha value is -1.50. The van der Waals surface area contributed by atoms with E-state index in [0.717, 1.165) is 0 Å². The Kier molecular flexibility index (Phi) is 3.37. The average Bonchev–Trinajstić information content (AvgIpc) is 2.78. The van der Waals surface area contributed by atoms with Crippen LogP contribution in [0.15, 0.2) is 20.0 Å². The number of halogens is 1. The molecule has 0 fully saturated rings. The van der Waals surface area contributed by atoms with Crippen molar-refractivity contribution in [2.45, 2.75) is 26.8 Å². The predicted octanol–water partition coefficient (Wildman–Crippen LogP) is 1.31. The lowest BCUT2D eigenvalue weighted by molar-refractivity contribution is 0.438. The number of hydrogen-bond donors (Lipinski definition) is 0.